The van der Waals surface area contributed by atoms with E-state index in [9.17, 15) is 4.39 Å². The third-order valence-corrected chi connectivity index (χ3v) is 3.71. The summed E-state index contributed by atoms with van der Waals surface area (Å²) >= 11 is 0. The molecule has 3 aromatic rings. The molecule has 1 aromatic heterocycles. The number of nitrogens with one attached hydrogen (secondary N) is 1. The molecule has 4 heteroatoms. The molecule has 1 N–H and O–H groups in total. The van der Waals surface area contributed by atoms with Gasteiger partial charge in [0.15, 0.2) is 0 Å². The van der Waals surface area contributed by atoms with Crippen LogP contribution in [0.3, 0.4) is 0 Å². The van der Waals surface area contributed by atoms with Gasteiger partial charge in [0.05, 0.1) is 11.0 Å². The van der Waals surface area contributed by atoms with Crippen molar-refractivity contribution in [3.05, 3.63) is 48.3 Å². The molecule has 108 valence electrons. The van der Waals surface area contributed by atoms with Gasteiger partial charge >= 0.3 is 0 Å². The topological polar surface area (TPSA) is 31.9 Å². The minimum Gasteiger partial charge on any atom is -0.372 e. The predicted octanol–water partition coefficient (Wildman–Crippen LogP) is 4.22. The molecular formula is C17H18FN3. The third-order valence-electron chi connectivity index (χ3n) is 3.71. The Labute approximate surface area is 123 Å². The Morgan fingerprint density at radius 3 is 2.43 bits per heavy atom. The second kappa shape index (κ2) is 5.56. The van der Waals surface area contributed by atoms with Gasteiger partial charge in [0.2, 0.25) is 0 Å². The van der Waals surface area contributed by atoms with Gasteiger partial charge in [0.25, 0.3) is 0 Å². The fraction of sp³-hybridized carbons (Fsp3) is 0.235. The second-order valence-electron chi connectivity index (χ2n) is 4.97. The van der Waals surface area contributed by atoms with Gasteiger partial charge in [-0.15, -0.1) is 0 Å². The number of anilines is 1. The lowest BCUT2D eigenvalue weighted by Crippen LogP contribution is -2.21. The molecule has 0 atom stereocenters. The van der Waals surface area contributed by atoms with E-state index in [1.165, 1.54) is 17.8 Å². The number of aromatic amines is 1. The molecular weight excluding hydrogens is 265 g/mol. The fourth-order valence-electron chi connectivity index (χ4n) is 2.54. The standard InChI is InChI=1S/C17H18FN3/c1-3-21(4-2)14-8-5-12(6-9-14)17-19-15-10-7-13(18)11-16(15)20-17/h5-11H,3-4H2,1-2H3,(H,19,20). The van der Waals surface area contributed by atoms with Crippen LogP contribution in [0.25, 0.3) is 22.4 Å². The summed E-state index contributed by atoms with van der Waals surface area (Å²) in [5, 5.41) is 0. The van der Waals surface area contributed by atoms with Gasteiger partial charge in [-0.2, -0.15) is 0 Å². The highest BCUT2D eigenvalue weighted by atomic mass is 19.1. The highest BCUT2D eigenvalue weighted by Gasteiger charge is 2.07. The zero-order valence-electron chi connectivity index (χ0n) is 12.2. The van der Waals surface area contributed by atoms with Crippen LogP contribution in [0.2, 0.25) is 0 Å². The molecule has 1 heterocycles. The third kappa shape index (κ3) is 2.61. The maximum Gasteiger partial charge on any atom is 0.138 e. The Hall–Kier alpha value is -2.36. The van der Waals surface area contributed by atoms with Gasteiger partial charge in [0, 0.05) is 24.3 Å². The molecule has 0 aliphatic carbocycles. The monoisotopic (exact) mass is 283 g/mol. The highest BCUT2D eigenvalue weighted by molar-refractivity contribution is 5.79. The van der Waals surface area contributed by atoms with E-state index in [0.717, 1.165) is 35.5 Å². The van der Waals surface area contributed by atoms with E-state index < -0.39 is 0 Å². The number of benzene rings is 2. The van der Waals surface area contributed by atoms with E-state index in [1.54, 1.807) is 6.07 Å². The molecule has 0 amide bonds. The Morgan fingerprint density at radius 2 is 1.76 bits per heavy atom. The molecule has 0 spiro atoms. The lowest BCUT2D eigenvalue weighted by Gasteiger charge is -2.20. The quantitative estimate of drug-likeness (QED) is 0.777. The molecule has 0 bridgehead atoms. The zero-order chi connectivity index (χ0) is 14.8. The molecule has 3 nitrogen and oxygen atoms in total. The number of aromatic nitrogens is 2. The van der Waals surface area contributed by atoms with Crippen molar-refractivity contribution >= 4 is 16.7 Å². The van der Waals surface area contributed by atoms with Crippen molar-refractivity contribution in [1.82, 2.24) is 9.97 Å². The Bertz CT molecular complexity index is 742. The van der Waals surface area contributed by atoms with Crippen LogP contribution < -0.4 is 4.90 Å². The number of halogens is 1. The predicted molar refractivity (Wildman–Crippen MR) is 85.0 cm³/mol. The van der Waals surface area contributed by atoms with Gasteiger partial charge in [-0.1, -0.05) is 0 Å². The first kappa shape index (κ1) is 13.6. The maximum atomic E-state index is 13.2. The van der Waals surface area contributed by atoms with Crippen molar-refractivity contribution in [1.29, 1.82) is 0 Å². The van der Waals surface area contributed by atoms with E-state index in [0.29, 0.717) is 0 Å². The van der Waals surface area contributed by atoms with E-state index >= 15 is 0 Å². The van der Waals surface area contributed by atoms with Crippen LogP contribution in [-0.4, -0.2) is 23.1 Å². The molecule has 0 aliphatic rings. The first-order chi connectivity index (χ1) is 10.2. The number of fused-ring (bicyclic) bond motifs is 1. The Morgan fingerprint density at radius 1 is 1.05 bits per heavy atom. The first-order valence-corrected chi connectivity index (χ1v) is 7.22. The minimum absolute atomic E-state index is 0.255. The molecule has 21 heavy (non-hydrogen) atoms. The van der Waals surface area contributed by atoms with E-state index in [-0.39, 0.29) is 5.82 Å². The van der Waals surface area contributed by atoms with Gasteiger partial charge < -0.3 is 9.88 Å². The summed E-state index contributed by atoms with van der Waals surface area (Å²) in [6.45, 7) is 6.26. The largest absolute Gasteiger partial charge is 0.372 e. The summed E-state index contributed by atoms with van der Waals surface area (Å²) in [7, 11) is 0. The summed E-state index contributed by atoms with van der Waals surface area (Å²) in [6.07, 6.45) is 0. The van der Waals surface area contributed by atoms with Gasteiger partial charge in [0.1, 0.15) is 11.6 Å². The number of nitrogens with zero attached hydrogens (tertiary/aromatic N) is 2. The Kier molecular flexibility index (Phi) is 3.60. The second-order valence-corrected chi connectivity index (χ2v) is 4.97. The zero-order valence-corrected chi connectivity index (χ0v) is 12.2. The van der Waals surface area contributed by atoms with Crippen molar-refractivity contribution in [2.45, 2.75) is 13.8 Å². The van der Waals surface area contributed by atoms with E-state index in [4.69, 9.17) is 0 Å². The van der Waals surface area contributed by atoms with E-state index in [1.807, 2.05) is 12.1 Å². The average molecular weight is 283 g/mol. The SMILES string of the molecule is CCN(CC)c1ccc(-c2nc3ccc(F)cc3[nH]2)cc1. The van der Waals surface area contributed by atoms with Crippen molar-refractivity contribution in [3.8, 4) is 11.4 Å². The first-order valence-electron chi connectivity index (χ1n) is 7.22. The van der Waals surface area contributed by atoms with Crippen LogP contribution >= 0.6 is 0 Å². The highest BCUT2D eigenvalue weighted by Crippen LogP contribution is 2.23. The number of H-pyrrole nitrogens is 1. The van der Waals surface area contributed by atoms with Crippen LogP contribution in [0.5, 0.6) is 0 Å². The normalized spacial score (nSPS) is 11.0. The van der Waals surface area contributed by atoms with Gasteiger partial charge in [-0.25, -0.2) is 9.37 Å². The summed E-state index contributed by atoms with van der Waals surface area (Å²) in [5.41, 5.74) is 3.70. The molecule has 0 saturated carbocycles. The summed E-state index contributed by atoms with van der Waals surface area (Å²) in [5.74, 6) is 0.510. The summed E-state index contributed by atoms with van der Waals surface area (Å²) in [4.78, 5) is 9.96. The van der Waals surface area contributed by atoms with Crippen LogP contribution in [0.15, 0.2) is 42.5 Å². The van der Waals surface area contributed by atoms with Crippen LogP contribution in [0, 0.1) is 5.82 Å². The van der Waals surface area contributed by atoms with Crippen LogP contribution in [0.1, 0.15) is 13.8 Å². The molecule has 2 aromatic carbocycles. The molecule has 3 rings (SSSR count). The lowest BCUT2D eigenvalue weighted by molar-refractivity contribution is 0.629. The number of hydrogen-bond acceptors (Lipinski definition) is 2. The minimum atomic E-state index is -0.255. The fourth-order valence-corrected chi connectivity index (χ4v) is 2.54. The smallest absolute Gasteiger partial charge is 0.138 e. The van der Waals surface area contributed by atoms with Gasteiger partial charge in [-0.3, -0.25) is 0 Å². The van der Waals surface area contributed by atoms with Gasteiger partial charge in [-0.05, 0) is 56.3 Å². The molecule has 0 fully saturated rings. The van der Waals surface area contributed by atoms with Crippen LogP contribution in [0.4, 0.5) is 10.1 Å². The van der Waals surface area contributed by atoms with Crippen molar-refractivity contribution < 1.29 is 4.39 Å². The number of rotatable bonds is 4. The maximum absolute atomic E-state index is 13.2. The molecule has 0 saturated heterocycles. The van der Waals surface area contributed by atoms with Crippen molar-refractivity contribution in [2.24, 2.45) is 0 Å². The number of imidazole rings is 1. The number of hydrogen-bond donors (Lipinski definition) is 1. The van der Waals surface area contributed by atoms with Crippen molar-refractivity contribution in [3.63, 3.8) is 0 Å². The summed E-state index contributed by atoms with van der Waals surface area (Å²) < 4.78 is 13.2. The molecule has 0 radical (unpaired) electrons. The average Bonchev–Trinajstić information content (AvgIpc) is 2.92. The van der Waals surface area contributed by atoms with Crippen molar-refractivity contribution in [2.75, 3.05) is 18.0 Å². The lowest BCUT2D eigenvalue weighted by atomic mass is 10.2. The molecule has 0 aliphatic heterocycles. The van der Waals surface area contributed by atoms with Crippen LogP contribution in [-0.2, 0) is 0 Å². The summed E-state index contributed by atoms with van der Waals surface area (Å²) in [6, 6.07) is 12.9. The Balaban J connectivity index is 1.95. The molecule has 0 unspecified atom stereocenters. The van der Waals surface area contributed by atoms with E-state index in [2.05, 4.69) is 40.8 Å².